The molecule has 126 valence electrons. The fourth-order valence-corrected chi connectivity index (χ4v) is 3.41. The van der Waals surface area contributed by atoms with Crippen LogP contribution in [0.4, 0.5) is 5.95 Å². The minimum atomic E-state index is 0.0363. The van der Waals surface area contributed by atoms with Crippen molar-refractivity contribution in [3.05, 3.63) is 81.2 Å². The van der Waals surface area contributed by atoms with E-state index in [0.29, 0.717) is 5.92 Å². The Labute approximate surface area is 161 Å². The third kappa shape index (κ3) is 3.20. The maximum absolute atomic E-state index is 4.41. The van der Waals surface area contributed by atoms with Gasteiger partial charge in [0.25, 0.3) is 0 Å². The first-order valence-electron chi connectivity index (χ1n) is 8.36. The number of benzene rings is 2. The van der Waals surface area contributed by atoms with Crippen molar-refractivity contribution in [2.75, 3.05) is 5.32 Å². The SMILES string of the molecule is CC(C)c1ccc([C@H]2C=C(c3ccc(I)cc3)Nc3ncnn32)cc1. The van der Waals surface area contributed by atoms with Crippen LogP contribution in [0.5, 0.6) is 0 Å². The number of nitrogens with one attached hydrogen (secondary N) is 1. The predicted molar refractivity (Wildman–Crippen MR) is 109 cm³/mol. The highest BCUT2D eigenvalue weighted by Gasteiger charge is 2.23. The van der Waals surface area contributed by atoms with Crippen molar-refractivity contribution in [2.45, 2.75) is 25.8 Å². The van der Waals surface area contributed by atoms with Crippen LogP contribution in [0.25, 0.3) is 5.70 Å². The molecule has 1 atom stereocenters. The van der Waals surface area contributed by atoms with Crippen LogP contribution >= 0.6 is 22.6 Å². The second-order valence-electron chi connectivity index (χ2n) is 6.51. The van der Waals surface area contributed by atoms with E-state index in [4.69, 9.17) is 0 Å². The van der Waals surface area contributed by atoms with E-state index < -0.39 is 0 Å². The minimum Gasteiger partial charge on any atom is -0.324 e. The molecule has 3 aromatic rings. The first-order valence-corrected chi connectivity index (χ1v) is 9.44. The Kier molecular flexibility index (Phi) is 4.33. The molecule has 0 radical (unpaired) electrons. The Balaban J connectivity index is 1.75. The zero-order valence-corrected chi connectivity index (χ0v) is 16.3. The molecule has 0 fully saturated rings. The lowest BCUT2D eigenvalue weighted by molar-refractivity contribution is 0.611. The molecule has 0 amide bonds. The Morgan fingerprint density at radius 3 is 2.44 bits per heavy atom. The number of anilines is 1. The molecule has 5 heteroatoms. The zero-order chi connectivity index (χ0) is 17.4. The zero-order valence-electron chi connectivity index (χ0n) is 14.1. The molecule has 0 unspecified atom stereocenters. The molecule has 0 saturated heterocycles. The number of allylic oxidation sites excluding steroid dienone is 1. The van der Waals surface area contributed by atoms with Gasteiger partial charge in [0.1, 0.15) is 12.4 Å². The van der Waals surface area contributed by atoms with E-state index in [-0.39, 0.29) is 6.04 Å². The summed E-state index contributed by atoms with van der Waals surface area (Å²) in [6.07, 6.45) is 3.82. The molecule has 1 aliphatic heterocycles. The van der Waals surface area contributed by atoms with Gasteiger partial charge in [-0.05, 0) is 63.4 Å². The molecule has 25 heavy (non-hydrogen) atoms. The summed E-state index contributed by atoms with van der Waals surface area (Å²) in [4.78, 5) is 4.37. The lowest BCUT2D eigenvalue weighted by atomic mass is 9.97. The highest BCUT2D eigenvalue weighted by molar-refractivity contribution is 14.1. The van der Waals surface area contributed by atoms with Gasteiger partial charge in [0, 0.05) is 9.27 Å². The summed E-state index contributed by atoms with van der Waals surface area (Å²) < 4.78 is 3.15. The van der Waals surface area contributed by atoms with E-state index >= 15 is 0 Å². The maximum atomic E-state index is 4.41. The van der Waals surface area contributed by atoms with E-state index in [2.05, 4.69) is 106 Å². The van der Waals surface area contributed by atoms with Crippen molar-refractivity contribution < 1.29 is 0 Å². The second kappa shape index (κ2) is 6.63. The highest BCUT2D eigenvalue weighted by atomic mass is 127. The minimum absolute atomic E-state index is 0.0363. The number of aromatic nitrogens is 3. The van der Waals surface area contributed by atoms with E-state index in [1.54, 1.807) is 6.33 Å². The summed E-state index contributed by atoms with van der Waals surface area (Å²) in [6, 6.07) is 17.3. The van der Waals surface area contributed by atoms with Gasteiger partial charge in [0.15, 0.2) is 0 Å². The number of hydrogen-bond donors (Lipinski definition) is 1. The molecule has 2 aromatic carbocycles. The molecular weight excluding hydrogens is 423 g/mol. The number of rotatable bonds is 3. The Morgan fingerprint density at radius 1 is 1.04 bits per heavy atom. The number of halogens is 1. The fraction of sp³-hybridized carbons (Fsp3) is 0.200. The van der Waals surface area contributed by atoms with Crippen LogP contribution in [-0.2, 0) is 0 Å². The van der Waals surface area contributed by atoms with Crippen molar-refractivity contribution in [3.8, 4) is 0 Å². The largest absolute Gasteiger partial charge is 0.324 e. The Bertz CT molecular complexity index is 908. The van der Waals surface area contributed by atoms with Crippen molar-refractivity contribution in [2.24, 2.45) is 0 Å². The molecule has 1 aromatic heterocycles. The first-order chi connectivity index (χ1) is 12.1. The van der Waals surface area contributed by atoms with Crippen LogP contribution in [0.2, 0.25) is 0 Å². The average Bonchev–Trinajstić information content (AvgIpc) is 3.10. The molecule has 4 nitrogen and oxygen atoms in total. The number of fused-ring (bicyclic) bond motifs is 1. The molecule has 1 aliphatic rings. The van der Waals surface area contributed by atoms with Gasteiger partial charge in [0.05, 0.1) is 0 Å². The van der Waals surface area contributed by atoms with E-state index in [1.807, 2.05) is 4.68 Å². The van der Waals surface area contributed by atoms with Crippen molar-refractivity contribution in [1.82, 2.24) is 14.8 Å². The predicted octanol–water partition coefficient (Wildman–Crippen LogP) is 5.06. The van der Waals surface area contributed by atoms with E-state index in [1.165, 1.54) is 14.7 Å². The Hall–Kier alpha value is -2.15. The first kappa shape index (κ1) is 16.3. The summed E-state index contributed by atoms with van der Waals surface area (Å²) in [6.45, 7) is 4.42. The topological polar surface area (TPSA) is 42.7 Å². The summed E-state index contributed by atoms with van der Waals surface area (Å²) >= 11 is 2.32. The number of nitrogens with zero attached hydrogens (tertiary/aromatic N) is 3. The molecule has 0 saturated carbocycles. The monoisotopic (exact) mass is 442 g/mol. The van der Waals surface area contributed by atoms with Gasteiger partial charge < -0.3 is 5.32 Å². The lowest BCUT2D eigenvalue weighted by Crippen LogP contribution is -2.20. The third-order valence-corrected chi connectivity index (χ3v) is 5.23. The van der Waals surface area contributed by atoms with E-state index in [9.17, 15) is 0 Å². The molecule has 2 heterocycles. The highest BCUT2D eigenvalue weighted by Crippen LogP contribution is 2.32. The molecule has 0 aliphatic carbocycles. The maximum Gasteiger partial charge on any atom is 0.226 e. The normalized spacial score (nSPS) is 16.3. The second-order valence-corrected chi connectivity index (χ2v) is 7.75. The molecule has 4 rings (SSSR count). The van der Waals surface area contributed by atoms with Crippen molar-refractivity contribution >= 4 is 34.2 Å². The van der Waals surface area contributed by atoms with Crippen molar-refractivity contribution in [3.63, 3.8) is 0 Å². The standard InChI is InChI=1S/C20H19IN4/c1-13(2)14-3-5-16(6-4-14)19-11-18(15-7-9-17(21)10-8-15)24-20-22-12-23-25(19)20/h3-13,19H,1-2H3,(H,22,23,24)/t19-/m1/s1. The quantitative estimate of drug-likeness (QED) is 0.577. The average molecular weight is 442 g/mol. The van der Waals surface area contributed by atoms with Gasteiger partial charge >= 0.3 is 0 Å². The van der Waals surface area contributed by atoms with Crippen LogP contribution in [0, 0.1) is 3.57 Å². The van der Waals surface area contributed by atoms with Gasteiger partial charge in [-0.2, -0.15) is 10.1 Å². The van der Waals surface area contributed by atoms with Gasteiger partial charge in [-0.15, -0.1) is 0 Å². The summed E-state index contributed by atoms with van der Waals surface area (Å²) in [5.74, 6) is 1.30. The van der Waals surface area contributed by atoms with Gasteiger partial charge in [0.2, 0.25) is 5.95 Å². The van der Waals surface area contributed by atoms with Gasteiger partial charge in [-0.3, -0.25) is 0 Å². The number of hydrogen-bond acceptors (Lipinski definition) is 3. The summed E-state index contributed by atoms with van der Waals surface area (Å²) in [5, 5.41) is 7.80. The molecule has 0 bridgehead atoms. The summed E-state index contributed by atoms with van der Waals surface area (Å²) in [5.41, 5.74) is 4.77. The van der Waals surface area contributed by atoms with Crippen LogP contribution in [0.15, 0.2) is 60.9 Å². The fourth-order valence-electron chi connectivity index (χ4n) is 3.05. The van der Waals surface area contributed by atoms with Crippen LogP contribution in [0.3, 0.4) is 0 Å². The van der Waals surface area contributed by atoms with Crippen LogP contribution in [-0.4, -0.2) is 14.8 Å². The van der Waals surface area contributed by atoms with E-state index in [0.717, 1.165) is 17.2 Å². The van der Waals surface area contributed by atoms with Gasteiger partial charge in [-0.1, -0.05) is 50.2 Å². The smallest absolute Gasteiger partial charge is 0.226 e. The van der Waals surface area contributed by atoms with Crippen molar-refractivity contribution in [1.29, 1.82) is 0 Å². The molecule has 1 N–H and O–H groups in total. The summed E-state index contributed by atoms with van der Waals surface area (Å²) in [7, 11) is 0. The van der Waals surface area contributed by atoms with Crippen LogP contribution in [0.1, 0.15) is 42.5 Å². The molecule has 0 spiro atoms. The van der Waals surface area contributed by atoms with Gasteiger partial charge in [-0.25, -0.2) is 4.68 Å². The molecular formula is C20H19IN4. The third-order valence-electron chi connectivity index (χ3n) is 4.51. The Morgan fingerprint density at radius 2 is 1.76 bits per heavy atom. The van der Waals surface area contributed by atoms with Crippen LogP contribution < -0.4 is 5.32 Å². The lowest BCUT2D eigenvalue weighted by Gasteiger charge is -2.24.